The van der Waals surface area contributed by atoms with Gasteiger partial charge in [-0.15, -0.1) is 0 Å². The van der Waals surface area contributed by atoms with Crippen LogP contribution in [0.2, 0.25) is 0 Å². The zero-order valence-electron chi connectivity index (χ0n) is 11.7. The molecule has 2 N–H and O–H groups in total. The molecule has 1 aromatic heterocycles. The van der Waals surface area contributed by atoms with E-state index in [2.05, 4.69) is 39.8 Å². The van der Waals surface area contributed by atoms with Gasteiger partial charge in [0.1, 0.15) is 10.7 Å². The van der Waals surface area contributed by atoms with E-state index in [-0.39, 0.29) is 15.6 Å². The molecule has 1 aromatic rings. The smallest absolute Gasteiger partial charge is 0.245 e. The van der Waals surface area contributed by atoms with Crippen molar-refractivity contribution >= 4 is 26.0 Å². The van der Waals surface area contributed by atoms with E-state index in [0.717, 1.165) is 6.42 Å². The number of rotatable bonds is 7. The van der Waals surface area contributed by atoms with Crippen LogP contribution in [0.5, 0.6) is 0 Å². The summed E-state index contributed by atoms with van der Waals surface area (Å²) < 4.78 is 32.7. The number of halogens is 1. The van der Waals surface area contributed by atoms with Gasteiger partial charge in [0.05, 0.1) is 6.54 Å². The molecule has 19 heavy (non-hydrogen) atoms. The summed E-state index contributed by atoms with van der Waals surface area (Å²) in [6.45, 7) is 6.46. The second-order valence-electron chi connectivity index (χ2n) is 5.03. The Morgan fingerprint density at radius 2 is 2.00 bits per heavy atom. The molecular weight excluding hydrogens is 332 g/mol. The minimum Gasteiger partial charge on any atom is -0.452 e. The van der Waals surface area contributed by atoms with Crippen molar-refractivity contribution in [3.63, 3.8) is 0 Å². The lowest BCUT2D eigenvalue weighted by molar-refractivity contribution is 0.467. The SMILES string of the molecule is CNCc1cc(S(=O)(=O)NC(C)CC(C)C)c(Br)o1. The lowest BCUT2D eigenvalue weighted by atomic mass is 10.1. The van der Waals surface area contributed by atoms with E-state index in [1.807, 2.05) is 6.92 Å². The van der Waals surface area contributed by atoms with Crippen molar-refractivity contribution in [2.24, 2.45) is 5.92 Å². The first-order valence-electron chi connectivity index (χ1n) is 6.21. The lowest BCUT2D eigenvalue weighted by Crippen LogP contribution is -2.33. The summed E-state index contributed by atoms with van der Waals surface area (Å²) in [5, 5.41) is 2.91. The number of hydrogen-bond donors (Lipinski definition) is 2. The van der Waals surface area contributed by atoms with E-state index in [4.69, 9.17) is 4.42 Å². The van der Waals surface area contributed by atoms with Crippen LogP contribution in [0.15, 0.2) is 20.0 Å². The van der Waals surface area contributed by atoms with E-state index in [1.54, 1.807) is 7.05 Å². The van der Waals surface area contributed by atoms with Gasteiger partial charge in [-0.25, -0.2) is 13.1 Å². The molecule has 0 bridgehead atoms. The van der Waals surface area contributed by atoms with Crippen LogP contribution >= 0.6 is 15.9 Å². The van der Waals surface area contributed by atoms with Crippen molar-refractivity contribution in [1.82, 2.24) is 10.0 Å². The van der Waals surface area contributed by atoms with Crippen LogP contribution < -0.4 is 10.0 Å². The molecule has 7 heteroatoms. The summed E-state index contributed by atoms with van der Waals surface area (Å²) in [6.07, 6.45) is 0.790. The van der Waals surface area contributed by atoms with Gasteiger partial charge in [-0.2, -0.15) is 0 Å². The average Bonchev–Trinajstić information content (AvgIpc) is 2.58. The second-order valence-corrected chi connectivity index (χ2v) is 7.44. The Kier molecular flexibility index (Phi) is 6.04. The van der Waals surface area contributed by atoms with Crippen molar-refractivity contribution in [3.8, 4) is 0 Å². The summed E-state index contributed by atoms with van der Waals surface area (Å²) >= 11 is 3.15. The highest BCUT2D eigenvalue weighted by Gasteiger charge is 2.24. The van der Waals surface area contributed by atoms with E-state index in [0.29, 0.717) is 18.2 Å². The summed E-state index contributed by atoms with van der Waals surface area (Å²) in [7, 11) is -1.78. The summed E-state index contributed by atoms with van der Waals surface area (Å²) in [5.41, 5.74) is 0. The monoisotopic (exact) mass is 352 g/mol. The average molecular weight is 353 g/mol. The maximum absolute atomic E-state index is 12.2. The van der Waals surface area contributed by atoms with Crippen LogP contribution in [0, 0.1) is 5.92 Å². The Morgan fingerprint density at radius 3 is 2.53 bits per heavy atom. The van der Waals surface area contributed by atoms with E-state index in [9.17, 15) is 8.42 Å². The first kappa shape index (κ1) is 16.7. The van der Waals surface area contributed by atoms with E-state index < -0.39 is 10.0 Å². The van der Waals surface area contributed by atoms with Gasteiger partial charge in [0.25, 0.3) is 0 Å². The van der Waals surface area contributed by atoms with E-state index >= 15 is 0 Å². The third-order valence-electron chi connectivity index (χ3n) is 2.53. The molecule has 0 aliphatic rings. The molecule has 110 valence electrons. The van der Waals surface area contributed by atoms with Gasteiger partial charge in [-0.3, -0.25) is 0 Å². The molecular formula is C12H21BrN2O3S. The van der Waals surface area contributed by atoms with Gasteiger partial charge in [0, 0.05) is 12.1 Å². The Balaban J connectivity index is 2.88. The van der Waals surface area contributed by atoms with Crippen molar-refractivity contribution in [2.75, 3.05) is 7.05 Å². The molecule has 0 amide bonds. The highest BCUT2D eigenvalue weighted by molar-refractivity contribution is 9.10. The summed E-state index contributed by atoms with van der Waals surface area (Å²) in [5.74, 6) is 1.01. The molecule has 0 saturated carbocycles. The van der Waals surface area contributed by atoms with Crippen LogP contribution in [-0.2, 0) is 16.6 Å². The number of hydrogen-bond acceptors (Lipinski definition) is 4. The maximum atomic E-state index is 12.2. The van der Waals surface area contributed by atoms with Crippen molar-refractivity contribution in [3.05, 3.63) is 16.5 Å². The predicted octanol–water partition coefficient (Wildman–Crippen LogP) is 2.47. The first-order chi connectivity index (χ1) is 8.76. The second kappa shape index (κ2) is 6.88. The normalized spacial score (nSPS) is 14.0. The lowest BCUT2D eigenvalue weighted by Gasteiger charge is -2.15. The van der Waals surface area contributed by atoms with Gasteiger partial charge in [0.2, 0.25) is 10.0 Å². The van der Waals surface area contributed by atoms with Crippen LogP contribution in [0.4, 0.5) is 0 Å². The Hall–Kier alpha value is -0.370. The highest BCUT2D eigenvalue weighted by Crippen LogP contribution is 2.26. The van der Waals surface area contributed by atoms with Crippen LogP contribution in [0.25, 0.3) is 0 Å². The molecule has 1 heterocycles. The quantitative estimate of drug-likeness (QED) is 0.790. The van der Waals surface area contributed by atoms with Gasteiger partial charge in [-0.1, -0.05) is 13.8 Å². The fourth-order valence-electron chi connectivity index (χ4n) is 1.93. The van der Waals surface area contributed by atoms with Crippen molar-refractivity contribution in [1.29, 1.82) is 0 Å². The largest absolute Gasteiger partial charge is 0.452 e. The van der Waals surface area contributed by atoms with E-state index in [1.165, 1.54) is 6.07 Å². The number of nitrogens with one attached hydrogen (secondary N) is 2. The molecule has 1 unspecified atom stereocenters. The van der Waals surface area contributed by atoms with Crippen LogP contribution in [0.1, 0.15) is 33.0 Å². The Labute approximate surface area is 123 Å². The third kappa shape index (κ3) is 4.91. The van der Waals surface area contributed by atoms with Gasteiger partial charge in [-0.05, 0) is 42.2 Å². The molecule has 0 saturated heterocycles. The highest BCUT2D eigenvalue weighted by atomic mass is 79.9. The van der Waals surface area contributed by atoms with Crippen molar-refractivity contribution in [2.45, 2.75) is 44.7 Å². The first-order valence-corrected chi connectivity index (χ1v) is 8.49. The standard InChI is InChI=1S/C12H21BrN2O3S/c1-8(2)5-9(3)15-19(16,17)11-6-10(7-14-4)18-12(11)13/h6,8-9,14-15H,5,7H2,1-4H3. The third-order valence-corrected chi connectivity index (χ3v) is 4.97. The zero-order valence-corrected chi connectivity index (χ0v) is 14.1. The predicted molar refractivity (Wildman–Crippen MR) is 78.4 cm³/mol. The Morgan fingerprint density at radius 1 is 1.37 bits per heavy atom. The molecule has 1 rings (SSSR count). The Bertz CT molecular complexity index is 511. The number of furan rings is 1. The summed E-state index contributed by atoms with van der Waals surface area (Å²) in [4.78, 5) is 0.147. The molecule has 0 aromatic carbocycles. The van der Waals surface area contributed by atoms with Gasteiger partial charge in [0.15, 0.2) is 4.67 Å². The van der Waals surface area contributed by atoms with Gasteiger partial charge >= 0.3 is 0 Å². The molecule has 1 atom stereocenters. The zero-order chi connectivity index (χ0) is 14.6. The molecule has 0 spiro atoms. The molecule has 0 aliphatic heterocycles. The minimum atomic E-state index is -3.55. The minimum absolute atomic E-state index is 0.112. The molecule has 0 aliphatic carbocycles. The maximum Gasteiger partial charge on any atom is 0.245 e. The summed E-state index contributed by atoms with van der Waals surface area (Å²) in [6, 6.07) is 1.42. The molecule has 0 fully saturated rings. The number of sulfonamides is 1. The van der Waals surface area contributed by atoms with Crippen LogP contribution in [-0.4, -0.2) is 21.5 Å². The molecule has 5 nitrogen and oxygen atoms in total. The van der Waals surface area contributed by atoms with Gasteiger partial charge < -0.3 is 9.73 Å². The van der Waals surface area contributed by atoms with Crippen LogP contribution in [0.3, 0.4) is 0 Å². The topological polar surface area (TPSA) is 71.3 Å². The fraction of sp³-hybridized carbons (Fsp3) is 0.667. The fourth-order valence-corrected chi connectivity index (χ4v) is 4.18. The van der Waals surface area contributed by atoms with Crippen molar-refractivity contribution < 1.29 is 12.8 Å². The molecule has 0 radical (unpaired) electrons.